The Balaban J connectivity index is 1.03. The highest BCUT2D eigenvalue weighted by molar-refractivity contribution is 5.93. The molecule has 4 aliphatic rings. The molecule has 2 fully saturated rings. The summed E-state index contributed by atoms with van der Waals surface area (Å²) in [5.41, 5.74) is 1.92. The van der Waals surface area contributed by atoms with Crippen LogP contribution in [0.5, 0.6) is 23.0 Å². The van der Waals surface area contributed by atoms with Crippen molar-refractivity contribution in [2.24, 2.45) is 0 Å². The van der Waals surface area contributed by atoms with Crippen LogP contribution in [0.25, 0.3) is 0 Å². The van der Waals surface area contributed by atoms with Gasteiger partial charge in [0, 0.05) is 62.5 Å². The third-order valence-electron chi connectivity index (χ3n) is 8.72. The van der Waals surface area contributed by atoms with E-state index in [2.05, 4.69) is 9.80 Å². The maximum atomic E-state index is 14.0. The van der Waals surface area contributed by atoms with Crippen LogP contribution >= 0.6 is 0 Å². The zero-order chi connectivity index (χ0) is 28.6. The van der Waals surface area contributed by atoms with E-state index in [1.54, 1.807) is 0 Å². The summed E-state index contributed by atoms with van der Waals surface area (Å²) < 4.78 is 34.9. The van der Waals surface area contributed by atoms with E-state index in [0.29, 0.717) is 39.3 Å². The summed E-state index contributed by atoms with van der Waals surface area (Å²) in [5.74, 6) is 2.95. The smallest absolute Gasteiger partial charge is 0.148 e. The molecule has 4 heterocycles. The van der Waals surface area contributed by atoms with Crippen LogP contribution in [0.15, 0.2) is 36.4 Å². The molecule has 2 aromatic rings. The Morgan fingerprint density at radius 3 is 1.57 bits per heavy atom. The van der Waals surface area contributed by atoms with Gasteiger partial charge in [-0.1, -0.05) is 12.1 Å². The molecule has 0 saturated carbocycles. The summed E-state index contributed by atoms with van der Waals surface area (Å²) in [6.45, 7) is 11.6. The van der Waals surface area contributed by atoms with Gasteiger partial charge in [-0.15, -0.1) is 0 Å². The fraction of sp³-hybridized carbons (Fsp3) is 0.606. The third-order valence-corrected chi connectivity index (χ3v) is 8.72. The molecule has 9 heteroatoms. The van der Waals surface area contributed by atoms with Crippen molar-refractivity contribution in [2.45, 2.75) is 37.5 Å². The van der Waals surface area contributed by atoms with Crippen LogP contribution in [0.1, 0.15) is 48.6 Å². The lowest BCUT2D eigenvalue weighted by molar-refractivity contribution is -0.123. The number of carbonyl (C=O) groups excluding carboxylic acids is 1. The molecule has 0 aromatic heterocycles. The highest BCUT2D eigenvalue weighted by Crippen LogP contribution is 2.43. The number of benzene rings is 2. The van der Waals surface area contributed by atoms with E-state index in [1.165, 1.54) is 0 Å². The maximum Gasteiger partial charge on any atom is 0.148 e. The topological polar surface area (TPSA) is 78.9 Å². The maximum absolute atomic E-state index is 14.0. The van der Waals surface area contributed by atoms with E-state index >= 15 is 0 Å². The normalized spacial score (nSPS) is 22.8. The molecule has 2 saturated heterocycles. The van der Waals surface area contributed by atoms with Crippen LogP contribution in [0, 0.1) is 0 Å². The van der Waals surface area contributed by atoms with Crippen LogP contribution in [0.2, 0.25) is 0 Å². The summed E-state index contributed by atoms with van der Waals surface area (Å²) in [6.07, 6.45) is 3.29. The van der Waals surface area contributed by atoms with Gasteiger partial charge in [0.05, 0.1) is 64.7 Å². The van der Waals surface area contributed by atoms with Gasteiger partial charge in [0.25, 0.3) is 0 Å². The van der Waals surface area contributed by atoms with Gasteiger partial charge >= 0.3 is 0 Å². The average molecular weight is 581 g/mol. The first-order valence-corrected chi connectivity index (χ1v) is 15.7. The SMILES string of the molecule is O=C(C1CCOc2cc(OCCCN3CCOCC3)ccc21)C1CCOc2cc(OCCCN3CCOCC3)ccc21. The molecule has 0 radical (unpaired) electrons. The van der Waals surface area contributed by atoms with Gasteiger partial charge in [0.1, 0.15) is 28.8 Å². The van der Waals surface area contributed by atoms with Crippen LogP contribution < -0.4 is 18.9 Å². The average Bonchev–Trinajstić information content (AvgIpc) is 3.05. The quantitative estimate of drug-likeness (QED) is 0.348. The first-order chi connectivity index (χ1) is 20.7. The first kappa shape index (κ1) is 29.2. The summed E-state index contributed by atoms with van der Waals surface area (Å²) in [5, 5.41) is 0. The third kappa shape index (κ3) is 7.37. The van der Waals surface area contributed by atoms with Crippen molar-refractivity contribution in [3.05, 3.63) is 47.5 Å². The second-order valence-corrected chi connectivity index (χ2v) is 11.5. The summed E-state index contributed by atoms with van der Waals surface area (Å²) in [6, 6.07) is 11.9. The highest BCUT2D eigenvalue weighted by atomic mass is 16.5. The predicted molar refractivity (Wildman–Crippen MR) is 158 cm³/mol. The fourth-order valence-electron chi connectivity index (χ4n) is 6.36. The molecule has 6 rings (SSSR count). The molecular formula is C33H44N2O7. The number of hydrogen-bond donors (Lipinski definition) is 0. The lowest BCUT2D eigenvalue weighted by Crippen LogP contribution is -2.37. The van der Waals surface area contributed by atoms with Crippen molar-refractivity contribution >= 4 is 5.78 Å². The summed E-state index contributed by atoms with van der Waals surface area (Å²) >= 11 is 0. The molecule has 0 bridgehead atoms. The number of rotatable bonds is 12. The van der Waals surface area contributed by atoms with E-state index in [9.17, 15) is 4.79 Å². The zero-order valence-electron chi connectivity index (χ0n) is 24.6. The number of morpholine rings is 2. The molecule has 4 aliphatic heterocycles. The van der Waals surface area contributed by atoms with E-state index in [1.807, 2.05) is 36.4 Å². The number of hydrogen-bond acceptors (Lipinski definition) is 9. The van der Waals surface area contributed by atoms with E-state index < -0.39 is 0 Å². The molecule has 0 N–H and O–H groups in total. The Labute approximate surface area is 248 Å². The van der Waals surface area contributed by atoms with Crippen LogP contribution in [0.3, 0.4) is 0 Å². The number of nitrogens with zero attached hydrogens (tertiary/aromatic N) is 2. The van der Waals surface area contributed by atoms with Crippen molar-refractivity contribution in [1.82, 2.24) is 9.80 Å². The standard InChI is InChI=1S/C33H44N2O7/c36-33(29-7-17-41-31-23-25(3-5-27(29)31)39-15-1-9-34-11-19-37-20-12-34)30-8-18-42-32-24-26(4-6-28(30)32)40-16-2-10-35-13-21-38-22-14-35/h3-6,23-24,29-30H,1-2,7-22H2. The second-order valence-electron chi connectivity index (χ2n) is 11.5. The van der Waals surface area contributed by atoms with Crippen molar-refractivity contribution in [3.8, 4) is 23.0 Å². The molecule has 228 valence electrons. The number of Topliss-reactive ketones (excluding diaryl/α,β-unsaturated/α-hetero) is 1. The Morgan fingerprint density at radius 1 is 0.667 bits per heavy atom. The van der Waals surface area contributed by atoms with E-state index in [0.717, 1.165) is 113 Å². The van der Waals surface area contributed by atoms with Gasteiger partial charge in [-0.25, -0.2) is 0 Å². The highest BCUT2D eigenvalue weighted by Gasteiger charge is 2.36. The van der Waals surface area contributed by atoms with Gasteiger partial charge in [-0.05, 0) is 37.8 Å². The molecule has 42 heavy (non-hydrogen) atoms. The van der Waals surface area contributed by atoms with Crippen molar-refractivity contribution in [1.29, 1.82) is 0 Å². The molecule has 2 unspecified atom stereocenters. The van der Waals surface area contributed by atoms with E-state index in [-0.39, 0.29) is 17.6 Å². The van der Waals surface area contributed by atoms with Gasteiger partial charge < -0.3 is 28.4 Å². The Kier molecular flexibility index (Phi) is 10.1. The molecular weight excluding hydrogens is 536 g/mol. The Hall–Kier alpha value is -2.85. The van der Waals surface area contributed by atoms with Crippen LogP contribution in [0.4, 0.5) is 0 Å². The fourth-order valence-corrected chi connectivity index (χ4v) is 6.36. The van der Waals surface area contributed by atoms with Crippen molar-refractivity contribution in [3.63, 3.8) is 0 Å². The Morgan fingerprint density at radius 2 is 1.12 bits per heavy atom. The minimum absolute atomic E-state index is 0.198. The minimum atomic E-state index is -0.198. The Bertz CT molecular complexity index is 1090. The first-order valence-electron chi connectivity index (χ1n) is 15.7. The summed E-state index contributed by atoms with van der Waals surface area (Å²) in [4.78, 5) is 18.8. The van der Waals surface area contributed by atoms with Crippen molar-refractivity contribution < 1.29 is 33.2 Å². The van der Waals surface area contributed by atoms with Crippen LogP contribution in [-0.4, -0.2) is 108 Å². The van der Waals surface area contributed by atoms with Crippen molar-refractivity contribution in [2.75, 3.05) is 92.1 Å². The van der Waals surface area contributed by atoms with Gasteiger partial charge in [-0.2, -0.15) is 0 Å². The molecule has 0 amide bonds. The molecule has 9 nitrogen and oxygen atoms in total. The largest absolute Gasteiger partial charge is 0.493 e. The number of fused-ring (bicyclic) bond motifs is 2. The minimum Gasteiger partial charge on any atom is -0.493 e. The molecule has 2 atom stereocenters. The number of carbonyl (C=O) groups is 1. The second kappa shape index (κ2) is 14.6. The monoisotopic (exact) mass is 580 g/mol. The van der Waals surface area contributed by atoms with Gasteiger partial charge in [-0.3, -0.25) is 14.6 Å². The predicted octanol–water partition coefficient (Wildman–Crippen LogP) is 3.89. The molecule has 0 spiro atoms. The number of ether oxygens (including phenoxy) is 6. The van der Waals surface area contributed by atoms with Gasteiger partial charge in [0.15, 0.2) is 0 Å². The molecule has 0 aliphatic carbocycles. The van der Waals surface area contributed by atoms with E-state index in [4.69, 9.17) is 28.4 Å². The number of ketones is 1. The summed E-state index contributed by atoms with van der Waals surface area (Å²) in [7, 11) is 0. The van der Waals surface area contributed by atoms with Gasteiger partial charge in [0.2, 0.25) is 0 Å². The lowest BCUT2D eigenvalue weighted by atomic mass is 9.78. The lowest BCUT2D eigenvalue weighted by Gasteiger charge is -2.31. The zero-order valence-corrected chi connectivity index (χ0v) is 24.6. The van der Waals surface area contributed by atoms with Crippen LogP contribution in [-0.2, 0) is 14.3 Å². The molecule has 2 aromatic carbocycles.